The zero-order valence-corrected chi connectivity index (χ0v) is 9.92. The second-order valence-electron chi connectivity index (χ2n) is 4.90. The van der Waals surface area contributed by atoms with Crippen LogP contribution in [0.5, 0.6) is 11.5 Å². The summed E-state index contributed by atoms with van der Waals surface area (Å²) in [5, 5.41) is 0. The lowest BCUT2D eigenvalue weighted by atomic mass is 9.72. The van der Waals surface area contributed by atoms with Crippen LogP contribution < -0.4 is 15.2 Å². The van der Waals surface area contributed by atoms with Gasteiger partial charge in [0.05, 0.1) is 0 Å². The van der Waals surface area contributed by atoms with Crippen molar-refractivity contribution in [1.29, 1.82) is 0 Å². The molecule has 98 valence electrons. The van der Waals surface area contributed by atoms with Gasteiger partial charge in [-0.05, 0) is 31.4 Å². The van der Waals surface area contributed by atoms with Crippen LogP contribution in [0.3, 0.4) is 0 Å². The Morgan fingerprint density at radius 3 is 2.50 bits per heavy atom. The number of nitrogens with two attached hydrogens (primary N) is 1. The maximum absolute atomic E-state index is 12.9. The van der Waals surface area contributed by atoms with Gasteiger partial charge >= 0.3 is 0 Å². The summed E-state index contributed by atoms with van der Waals surface area (Å²) >= 11 is 0. The Hall–Kier alpha value is -1.36. The molecule has 1 aliphatic carbocycles. The molecule has 0 atom stereocenters. The van der Waals surface area contributed by atoms with Gasteiger partial charge in [0.15, 0.2) is 11.5 Å². The molecule has 0 radical (unpaired) electrons. The van der Waals surface area contributed by atoms with Crippen LogP contribution in [-0.2, 0) is 5.54 Å². The van der Waals surface area contributed by atoms with E-state index in [-0.39, 0.29) is 5.56 Å². The molecule has 0 unspecified atom stereocenters. The summed E-state index contributed by atoms with van der Waals surface area (Å²) in [6, 6.07) is 2.82. The summed E-state index contributed by atoms with van der Waals surface area (Å²) in [5.74, 6) is 0.943. The Balaban J connectivity index is 2.12. The molecule has 1 fully saturated rings. The van der Waals surface area contributed by atoms with Crippen molar-refractivity contribution in [2.75, 3.05) is 13.2 Å². The van der Waals surface area contributed by atoms with Crippen LogP contribution in [0.4, 0.5) is 8.78 Å². The molecule has 18 heavy (non-hydrogen) atoms. The Kier molecular flexibility index (Phi) is 2.66. The van der Waals surface area contributed by atoms with E-state index in [1.165, 1.54) is 12.1 Å². The lowest BCUT2D eigenvalue weighted by Gasteiger charge is -2.40. The molecule has 5 heteroatoms. The highest BCUT2D eigenvalue weighted by atomic mass is 19.3. The number of halogens is 2. The third-order valence-electron chi connectivity index (χ3n) is 3.70. The van der Waals surface area contributed by atoms with Crippen molar-refractivity contribution in [2.45, 2.75) is 31.2 Å². The van der Waals surface area contributed by atoms with Gasteiger partial charge in [0.1, 0.15) is 13.2 Å². The molecule has 0 saturated heterocycles. The van der Waals surface area contributed by atoms with E-state index in [0.29, 0.717) is 30.3 Å². The van der Waals surface area contributed by atoms with E-state index >= 15 is 0 Å². The minimum Gasteiger partial charge on any atom is -0.486 e. The predicted molar refractivity (Wildman–Crippen MR) is 62.1 cm³/mol. The number of rotatable bonds is 2. The van der Waals surface area contributed by atoms with Crippen LogP contribution in [0.15, 0.2) is 12.1 Å². The van der Waals surface area contributed by atoms with Crippen molar-refractivity contribution in [2.24, 2.45) is 5.73 Å². The van der Waals surface area contributed by atoms with E-state index in [1.54, 1.807) is 0 Å². The van der Waals surface area contributed by atoms with Gasteiger partial charge in [0, 0.05) is 16.7 Å². The molecular formula is C13H15F2NO2. The Morgan fingerprint density at radius 1 is 1.17 bits per heavy atom. The maximum Gasteiger partial charge on any atom is 0.263 e. The molecule has 0 amide bonds. The molecule has 1 heterocycles. The molecular weight excluding hydrogens is 240 g/mol. The SMILES string of the molecule is NC1(c2cc(C(F)F)cc3c2OCCO3)CCC1. The molecule has 1 aliphatic heterocycles. The number of hydrogen-bond donors (Lipinski definition) is 1. The maximum atomic E-state index is 12.9. The molecule has 2 N–H and O–H groups in total. The van der Waals surface area contributed by atoms with E-state index in [2.05, 4.69) is 0 Å². The van der Waals surface area contributed by atoms with Gasteiger partial charge in [0.25, 0.3) is 6.43 Å². The Labute approximate surface area is 104 Å². The van der Waals surface area contributed by atoms with Gasteiger partial charge < -0.3 is 15.2 Å². The zero-order valence-electron chi connectivity index (χ0n) is 9.92. The van der Waals surface area contributed by atoms with Crippen molar-refractivity contribution in [1.82, 2.24) is 0 Å². The number of ether oxygens (including phenoxy) is 2. The third-order valence-corrected chi connectivity index (χ3v) is 3.70. The summed E-state index contributed by atoms with van der Waals surface area (Å²) in [7, 11) is 0. The first-order valence-electron chi connectivity index (χ1n) is 6.11. The van der Waals surface area contributed by atoms with E-state index in [9.17, 15) is 8.78 Å². The summed E-state index contributed by atoms with van der Waals surface area (Å²) in [6.07, 6.45) is 0.0963. The minimum atomic E-state index is -2.52. The van der Waals surface area contributed by atoms with E-state index in [0.717, 1.165) is 19.3 Å². The number of alkyl halides is 2. The number of fused-ring (bicyclic) bond motifs is 1. The fourth-order valence-electron chi connectivity index (χ4n) is 2.50. The van der Waals surface area contributed by atoms with Crippen LogP contribution in [0.2, 0.25) is 0 Å². The number of hydrogen-bond acceptors (Lipinski definition) is 3. The summed E-state index contributed by atoms with van der Waals surface area (Å²) < 4.78 is 36.7. The molecule has 0 bridgehead atoms. The molecule has 1 saturated carbocycles. The number of benzene rings is 1. The van der Waals surface area contributed by atoms with Gasteiger partial charge in [-0.3, -0.25) is 0 Å². The topological polar surface area (TPSA) is 44.5 Å². The minimum absolute atomic E-state index is 0.0500. The summed E-state index contributed by atoms with van der Waals surface area (Å²) in [6.45, 7) is 0.820. The first kappa shape index (κ1) is 11.7. The predicted octanol–water partition coefficient (Wildman–Crippen LogP) is 2.73. The van der Waals surface area contributed by atoms with Crippen molar-refractivity contribution in [3.05, 3.63) is 23.3 Å². The van der Waals surface area contributed by atoms with Crippen LogP contribution >= 0.6 is 0 Å². The van der Waals surface area contributed by atoms with Crippen molar-refractivity contribution in [3.63, 3.8) is 0 Å². The Bertz CT molecular complexity index is 472. The molecule has 3 nitrogen and oxygen atoms in total. The normalized spacial score (nSPS) is 20.7. The fourth-order valence-corrected chi connectivity index (χ4v) is 2.50. The van der Waals surface area contributed by atoms with Crippen molar-refractivity contribution < 1.29 is 18.3 Å². The second-order valence-corrected chi connectivity index (χ2v) is 4.90. The quantitative estimate of drug-likeness (QED) is 0.883. The van der Waals surface area contributed by atoms with Gasteiger partial charge in [-0.2, -0.15) is 0 Å². The van der Waals surface area contributed by atoms with Gasteiger partial charge in [-0.25, -0.2) is 8.78 Å². The standard InChI is InChI=1S/C13H15F2NO2/c14-12(15)8-6-9(13(16)2-1-3-13)11-10(7-8)17-4-5-18-11/h6-7,12H,1-5,16H2. The first-order valence-corrected chi connectivity index (χ1v) is 6.11. The highest BCUT2D eigenvalue weighted by Gasteiger charge is 2.39. The lowest BCUT2D eigenvalue weighted by molar-refractivity contribution is 0.142. The van der Waals surface area contributed by atoms with Crippen molar-refractivity contribution in [3.8, 4) is 11.5 Å². The van der Waals surface area contributed by atoms with Crippen LogP contribution in [-0.4, -0.2) is 13.2 Å². The average molecular weight is 255 g/mol. The van der Waals surface area contributed by atoms with Gasteiger partial charge in [0.2, 0.25) is 0 Å². The molecule has 3 rings (SSSR count). The molecule has 0 spiro atoms. The van der Waals surface area contributed by atoms with E-state index in [4.69, 9.17) is 15.2 Å². The van der Waals surface area contributed by atoms with Crippen LogP contribution in [0, 0.1) is 0 Å². The lowest BCUT2D eigenvalue weighted by Crippen LogP contribution is -2.44. The average Bonchev–Trinajstić information content (AvgIpc) is 2.34. The van der Waals surface area contributed by atoms with Gasteiger partial charge in [-0.1, -0.05) is 0 Å². The van der Waals surface area contributed by atoms with Gasteiger partial charge in [-0.15, -0.1) is 0 Å². The van der Waals surface area contributed by atoms with Crippen molar-refractivity contribution >= 4 is 0 Å². The molecule has 1 aromatic carbocycles. The second kappa shape index (κ2) is 4.09. The molecule has 1 aromatic rings. The van der Waals surface area contributed by atoms with Crippen LogP contribution in [0.25, 0.3) is 0 Å². The van der Waals surface area contributed by atoms with E-state index in [1.807, 2.05) is 0 Å². The monoisotopic (exact) mass is 255 g/mol. The highest BCUT2D eigenvalue weighted by molar-refractivity contribution is 5.54. The smallest absolute Gasteiger partial charge is 0.263 e. The largest absolute Gasteiger partial charge is 0.486 e. The summed E-state index contributed by atoms with van der Waals surface area (Å²) in [5.41, 5.74) is 6.32. The zero-order chi connectivity index (χ0) is 12.8. The van der Waals surface area contributed by atoms with E-state index < -0.39 is 12.0 Å². The summed E-state index contributed by atoms with van der Waals surface area (Å²) in [4.78, 5) is 0. The molecule has 0 aromatic heterocycles. The molecule has 2 aliphatic rings. The van der Waals surface area contributed by atoms with Crippen LogP contribution in [0.1, 0.15) is 36.8 Å². The highest BCUT2D eigenvalue weighted by Crippen LogP contribution is 2.48. The Morgan fingerprint density at radius 2 is 1.89 bits per heavy atom. The fraction of sp³-hybridized carbons (Fsp3) is 0.538. The third kappa shape index (κ3) is 1.73. The first-order chi connectivity index (χ1) is 8.60.